The molecule has 0 atom stereocenters. The minimum Gasteiger partial charge on any atom is -0.452 e. The lowest BCUT2D eigenvalue weighted by atomic mass is 9.84. The summed E-state index contributed by atoms with van der Waals surface area (Å²) >= 11 is 0. The molecule has 9 nitrogen and oxygen atoms in total. The van der Waals surface area contributed by atoms with Gasteiger partial charge in [-0.15, -0.1) is 0 Å². The van der Waals surface area contributed by atoms with E-state index in [0.29, 0.717) is 11.1 Å². The van der Waals surface area contributed by atoms with Crippen LogP contribution in [0.4, 0.5) is 11.4 Å². The van der Waals surface area contributed by atoms with Crippen molar-refractivity contribution in [1.82, 2.24) is 0 Å². The average Bonchev–Trinajstić information content (AvgIpc) is 2.81. The van der Waals surface area contributed by atoms with E-state index in [2.05, 4.69) is 5.32 Å². The number of hydrogen-bond acceptors (Lipinski definition) is 7. The van der Waals surface area contributed by atoms with Crippen molar-refractivity contribution in [2.45, 2.75) is 0 Å². The van der Waals surface area contributed by atoms with Crippen molar-refractivity contribution in [2.24, 2.45) is 0 Å². The Hall–Kier alpha value is -4.66. The number of esters is 1. The van der Waals surface area contributed by atoms with Crippen LogP contribution >= 0.6 is 0 Å². The lowest BCUT2D eigenvalue weighted by Gasteiger charge is -2.18. The topological polar surface area (TPSA) is 133 Å². The van der Waals surface area contributed by atoms with Crippen LogP contribution in [-0.2, 0) is 9.53 Å². The Morgan fingerprint density at radius 1 is 0.844 bits per heavy atom. The van der Waals surface area contributed by atoms with E-state index < -0.39 is 23.4 Å². The molecule has 3 aromatic rings. The number of rotatable bonds is 5. The van der Waals surface area contributed by atoms with Gasteiger partial charge in [-0.05, 0) is 24.3 Å². The van der Waals surface area contributed by atoms with Gasteiger partial charge >= 0.3 is 5.97 Å². The van der Waals surface area contributed by atoms with E-state index in [1.807, 2.05) is 0 Å². The second-order valence-corrected chi connectivity index (χ2v) is 6.90. The predicted molar refractivity (Wildman–Crippen MR) is 112 cm³/mol. The number of ether oxygens (including phenoxy) is 1. The van der Waals surface area contributed by atoms with Crippen molar-refractivity contribution < 1.29 is 28.8 Å². The maximum atomic E-state index is 12.8. The molecular formula is C23H14N2O7. The van der Waals surface area contributed by atoms with E-state index in [4.69, 9.17) is 4.74 Å². The highest BCUT2D eigenvalue weighted by Crippen LogP contribution is 2.29. The zero-order chi connectivity index (χ0) is 22.8. The van der Waals surface area contributed by atoms with Gasteiger partial charge in [0.25, 0.3) is 11.6 Å². The van der Waals surface area contributed by atoms with Crippen molar-refractivity contribution in [3.05, 3.63) is 105 Å². The molecule has 1 aliphatic carbocycles. The van der Waals surface area contributed by atoms with Gasteiger partial charge < -0.3 is 10.1 Å². The van der Waals surface area contributed by atoms with Crippen molar-refractivity contribution in [1.29, 1.82) is 0 Å². The van der Waals surface area contributed by atoms with E-state index in [1.165, 1.54) is 36.4 Å². The van der Waals surface area contributed by atoms with Crippen LogP contribution in [-0.4, -0.2) is 35.0 Å². The van der Waals surface area contributed by atoms with Gasteiger partial charge in [0, 0.05) is 40.1 Å². The first kappa shape index (κ1) is 20.6. The van der Waals surface area contributed by atoms with Crippen LogP contribution in [0, 0.1) is 10.1 Å². The van der Waals surface area contributed by atoms with Crippen LogP contribution in [0.15, 0.2) is 66.7 Å². The second-order valence-electron chi connectivity index (χ2n) is 6.90. The van der Waals surface area contributed by atoms with Crippen molar-refractivity contribution >= 4 is 34.8 Å². The lowest BCUT2D eigenvalue weighted by Crippen LogP contribution is -2.23. The molecule has 158 valence electrons. The molecule has 32 heavy (non-hydrogen) atoms. The van der Waals surface area contributed by atoms with Gasteiger partial charge in [-0.25, -0.2) is 4.79 Å². The maximum Gasteiger partial charge on any atom is 0.338 e. The van der Waals surface area contributed by atoms with Crippen LogP contribution in [0.3, 0.4) is 0 Å². The number of fused-ring (bicyclic) bond motifs is 2. The molecule has 0 fully saturated rings. The second kappa shape index (κ2) is 8.23. The standard InChI is InChI=1S/C23H14N2O7/c26-20(12-32-23(29)13-4-3-5-15(10-13)25(30)31)24-14-8-9-18-19(11-14)22(28)17-7-2-1-6-16(17)21(18)27/h1-11H,12H2,(H,24,26). The fourth-order valence-electron chi connectivity index (χ4n) is 3.34. The number of benzene rings is 3. The Bertz CT molecular complexity index is 1310. The normalized spacial score (nSPS) is 11.9. The number of nitrogens with one attached hydrogen (secondary N) is 1. The van der Waals surface area contributed by atoms with E-state index >= 15 is 0 Å². The first-order chi connectivity index (χ1) is 15.3. The largest absolute Gasteiger partial charge is 0.452 e. The Morgan fingerprint density at radius 3 is 2.19 bits per heavy atom. The molecule has 0 spiro atoms. The van der Waals surface area contributed by atoms with Gasteiger partial charge in [0.2, 0.25) is 0 Å². The summed E-state index contributed by atoms with van der Waals surface area (Å²) in [6, 6.07) is 15.7. The van der Waals surface area contributed by atoms with Crippen LogP contribution in [0.25, 0.3) is 0 Å². The number of carbonyl (C=O) groups excluding carboxylic acids is 4. The molecule has 0 unspecified atom stereocenters. The zero-order valence-electron chi connectivity index (χ0n) is 16.4. The van der Waals surface area contributed by atoms with Gasteiger partial charge in [0.1, 0.15) is 0 Å². The Labute approximate surface area is 180 Å². The number of nitro groups is 1. The van der Waals surface area contributed by atoms with Gasteiger partial charge in [-0.1, -0.05) is 30.3 Å². The Balaban J connectivity index is 1.44. The van der Waals surface area contributed by atoms with Crippen molar-refractivity contribution in [3.63, 3.8) is 0 Å². The summed E-state index contributed by atoms with van der Waals surface area (Å²) < 4.78 is 4.90. The highest BCUT2D eigenvalue weighted by Gasteiger charge is 2.29. The Morgan fingerprint density at radius 2 is 1.50 bits per heavy atom. The molecular weight excluding hydrogens is 416 g/mol. The predicted octanol–water partition coefficient (Wildman–Crippen LogP) is 3.17. The van der Waals surface area contributed by atoms with Gasteiger partial charge in [0.15, 0.2) is 18.2 Å². The summed E-state index contributed by atoms with van der Waals surface area (Å²) in [5.74, 6) is -2.19. The number of non-ortho nitro benzene ring substituents is 1. The van der Waals surface area contributed by atoms with Gasteiger partial charge in [-0.3, -0.25) is 24.5 Å². The number of nitro benzene ring substituents is 1. The number of anilines is 1. The third-order valence-corrected chi connectivity index (χ3v) is 4.84. The molecule has 0 saturated heterocycles. The summed E-state index contributed by atoms with van der Waals surface area (Å²) in [4.78, 5) is 59.8. The van der Waals surface area contributed by atoms with E-state index in [0.717, 1.165) is 6.07 Å². The van der Waals surface area contributed by atoms with E-state index in [1.54, 1.807) is 24.3 Å². The van der Waals surface area contributed by atoms with Crippen LogP contribution in [0.5, 0.6) is 0 Å². The number of amides is 1. The summed E-state index contributed by atoms with van der Waals surface area (Å²) in [7, 11) is 0. The highest BCUT2D eigenvalue weighted by atomic mass is 16.6. The average molecular weight is 430 g/mol. The van der Waals surface area contributed by atoms with E-state index in [9.17, 15) is 29.3 Å². The summed E-state index contributed by atoms with van der Waals surface area (Å²) in [5.41, 5.74) is 0.932. The summed E-state index contributed by atoms with van der Waals surface area (Å²) in [6.45, 7) is -0.645. The third kappa shape index (κ3) is 3.86. The molecule has 1 N–H and O–H groups in total. The van der Waals surface area contributed by atoms with Gasteiger partial charge in [0.05, 0.1) is 10.5 Å². The number of ketones is 2. The quantitative estimate of drug-likeness (QED) is 0.292. The number of nitrogens with zero attached hydrogens (tertiary/aromatic N) is 1. The molecule has 9 heteroatoms. The molecule has 0 aliphatic heterocycles. The van der Waals surface area contributed by atoms with Crippen molar-refractivity contribution in [2.75, 3.05) is 11.9 Å². The molecule has 4 rings (SSSR count). The maximum absolute atomic E-state index is 12.8. The third-order valence-electron chi connectivity index (χ3n) is 4.84. The molecule has 0 heterocycles. The highest BCUT2D eigenvalue weighted by molar-refractivity contribution is 6.28. The summed E-state index contributed by atoms with van der Waals surface area (Å²) in [6.07, 6.45) is 0. The van der Waals surface area contributed by atoms with Crippen LogP contribution in [0.2, 0.25) is 0 Å². The lowest BCUT2D eigenvalue weighted by molar-refractivity contribution is -0.384. The molecule has 0 aromatic heterocycles. The van der Waals surface area contributed by atoms with Crippen LogP contribution < -0.4 is 5.32 Å². The smallest absolute Gasteiger partial charge is 0.338 e. The van der Waals surface area contributed by atoms with Crippen LogP contribution in [0.1, 0.15) is 42.2 Å². The van der Waals surface area contributed by atoms with Gasteiger partial charge in [-0.2, -0.15) is 0 Å². The summed E-state index contributed by atoms with van der Waals surface area (Å²) in [5, 5.41) is 13.3. The first-order valence-electron chi connectivity index (χ1n) is 9.39. The molecule has 3 aromatic carbocycles. The fraction of sp³-hybridized carbons (Fsp3) is 0.0435. The minimum atomic E-state index is -0.897. The zero-order valence-corrected chi connectivity index (χ0v) is 16.4. The molecule has 0 bridgehead atoms. The molecule has 1 aliphatic rings. The Kier molecular flexibility index (Phi) is 5.30. The van der Waals surface area contributed by atoms with Crippen molar-refractivity contribution in [3.8, 4) is 0 Å². The first-order valence-corrected chi connectivity index (χ1v) is 9.39. The monoisotopic (exact) mass is 430 g/mol. The molecule has 0 saturated carbocycles. The fourth-order valence-corrected chi connectivity index (χ4v) is 3.34. The number of carbonyl (C=O) groups is 4. The number of hydrogen-bond donors (Lipinski definition) is 1. The molecule has 1 amide bonds. The minimum absolute atomic E-state index is 0.0662. The van der Waals surface area contributed by atoms with E-state index in [-0.39, 0.29) is 39.6 Å². The molecule has 0 radical (unpaired) electrons. The SMILES string of the molecule is O=C(COC(=O)c1cccc([N+](=O)[O-])c1)Nc1ccc2c(c1)C(=O)c1ccccc1C2=O.